The molecule has 0 radical (unpaired) electrons. The van der Waals surface area contributed by atoms with Gasteiger partial charge in [-0.1, -0.05) is 39.8 Å². The van der Waals surface area contributed by atoms with E-state index < -0.39 is 0 Å². The zero-order valence-corrected chi connectivity index (χ0v) is 17.3. The summed E-state index contributed by atoms with van der Waals surface area (Å²) in [6.45, 7) is 9.53. The molecule has 2 aliphatic carbocycles. The minimum Gasteiger partial charge on any atom is -0.508 e. The van der Waals surface area contributed by atoms with Crippen molar-refractivity contribution < 1.29 is 9.52 Å². The highest BCUT2D eigenvalue weighted by molar-refractivity contribution is 5.60. The molecule has 0 spiro atoms. The highest BCUT2D eigenvalue weighted by Gasteiger charge is 2.43. The van der Waals surface area contributed by atoms with Crippen LogP contribution < -0.4 is 5.32 Å². The number of hydrogen-bond acceptors (Lipinski definition) is 3. The second-order valence-corrected chi connectivity index (χ2v) is 8.61. The molecule has 1 aromatic heterocycles. The van der Waals surface area contributed by atoms with Gasteiger partial charge in [-0.2, -0.15) is 0 Å². The first kappa shape index (κ1) is 20.0. The maximum atomic E-state index is 10.5. The molecule has 2 aliphatic rings. The molecule has 2 bridgehead atoms. The molecule has 2 saturated carbocycles. The van der Waals surface area contributed by atoms with Crippen molar-refractivity contribution in [1.29, 1.82) is 0 Å². The Balaban J connectivity index is 0.00000102. The summed E-state index contributed by atoms with van der Waals surface area (Å²) in [7, 11) is 0. The summed E-state index contributed by atoms with van der Waals surface area (Å²) in [6.07, 6.45) is 8.25. The first-order valence-corrected chi connectivity index (χ1v) is 10.6. The summed E-state index contributed by atoms with van der Waals surface area (Å²) < 4.78 is 5.42. The number of fused-ring (bicyclic) bond motifs is 2. The van der Waals surface area contributed by atoms with Crippen LogP contribution in [-0.4, -0.2) is 10.6 Å². The third-order valence-corrected chi connectivity index (χ3v) is 6.17. The number of phenolic OH excluding ortho intramolecular Hbond substituents is 1. The third-order valence-electron chi connectivity index (χ3n) is 6.17. The smallest absolute Gasteiger partial charge is 0.133 e. The van der Waals surface area contributed by atoms with Gasteiger partial charge in [-0.15, -0.1) is 0 Å². The molecule has 2 N–H and O–H groups in total. The molecule has 0 amide bonds. The van der Waals surface area contributed by atoms with Crippen LogP contribution in [0.1, 0.15) is 65.4 Å². The standard InChI is InChI=1S/C22H29NO2.C2H6/c1-15-8-17-9-16(2)12-22(11-15,13-17)23-14-19-6-5-18(10-20(19)24)21-4-3-7-25-21;1-2/h3-7,10,15-17,23-24H,8-9,11-14H2,1-2H3;1-2H3. The van der Waals surface area contributed by atoms with Gasteiger partial charge in [0.05, 0.1) is 6.26 Å². The van der Waals surface area contributed by atoms with Crippen LogP contribution in [0.3, 0.4) is 0 Å². The lowest BCUT2D eigenvalue weighted by Crippen LogP contribution is -2.54. The first-order valence-electron chi connectivity index (χ1n) is 10.6. The van der Waals surface area contributed by atoms with Gasteiger partial charge in [-0.3, -0.25) is 0 Å². The lowest BCUT2D eigenvalue weighted by atomic mass is 9.61. The fourth-order valence-electron chi connectivity index (χ4n) is 5.51. The van der Waals surface area contributed by atoms with E-state index in [4.69, 9.17) is 4.42 Å². The normalized spacial score (nSPS) is 29.7. The highest BCUT2D eigenvalue weighted by Crippen LogP contribution is 2.47. The van der Waals surface area contributed by atoms with Crippen LogP contribution in [0, 0.1) is 17.8 Å². The lowest BCUT2D eigenvalue weighted by Gasteiger charge is -2.50. The third kappa shape index (κ3) is 4.57. The van der Waals surface area contributed by atoms with Crippen LogP contribution in [0.25, 0.3) is 11.3 Å². The molecular weight excluding hydrogens is 334 g/mol. The molecule has 3 heteroatoms. The van der Waals surface area contributed by atoms with Crippen molar-refractivity contribution in [2.75, 3.05) is 0 Å². The van der Waals surface area contributed by atoms with Crippen LogP contribution >= 0.6 is 0 Å². The van der Waals surface area contributed by atoms with E-state index in [1.165, 1.54) is 32.1 Å². The Bertz CT molecular complexity index is 702. The number of hydrogen-bond donors (Lipinski definition) is 2. The van der Waals surface area contributed by atoms with Gasteiger partial charge < -0.3 is 14.8 Å². The molecule has 2 aromatic rings. The number of rotatable bonds is 4. The van der Waals surface area contributed by atoms with E-state index in [0.717, 1.165) is 41.2 Å². The number of benzene rings is 1. The number of nitrogens with one attached hydrogen (secondary N) is 1. The Hall–Kier alpha value is -1.74. The fourth-order valence-corrected chi connectivity index (χ4v) is 5.51. The monoisotopic (exact) mass is 369 g/mol. The summed E-state index contributed by atoms with van der Waals surface area (Å²) >= 11 is 0. The lowest BCUT2D eigenvalue weighted by molar-refractivity contribution is 0.0541. The van der Waals surface area contributed by atoms with Crippen molar-refractivity contribution in [1.82, 2.24) is 5.32 Å². The van der Waals surface area contributed by atoms with Gasteiger partial charge in [0.2, 0.25) is 0 Å². The molecule has 0 aliphatic heterocycles. The van der Waals surface area contributed by atoms with Crippen molar-refractivity contribution in [3.8, 4) is 17.1 Å². The minimum absolute atomic E-state index is 0.256. The highest BCUT2D eigenvalue weighted by atomic mass is 16.3. The van der Waals surface area contributed by atoms with Gasteiger partial charge in [0.15, 0.2) is 0 Å². The maximum absolute atomic E-state index is 10.5. The van der Waals surface area contributed by atoms with E-state index in [1.807, 2.05) is 44.2 Å². The summed E-state index contributed by atoms with van der Waals surface area (Å²) in [5, 5.41) is 14.3. The fraction of sp³-hybridized carbons (Fsp3) is 0.583. The molecular formula is C24H35NO2. The first-order chi connectivity index (χ1) is 13.0. The second kappa shape index (κ2) is 8.52. The molecule has 0 saturated heterocycles. The maximum Gasteiger partial charge on any atom is 0.133 e. The molecule has 2 unspecified atom stereocenters. The molecule has 4 rings (SSSR count). The van der Waals surface area contributed by atoms with Gasteiger partial charge in [-0.05, 0) is 68.1 Å². The number of furan rings is 1. The van der Waals surface area contributed by atoms with Gasteiger partial charge in [0, 0.05) is 23.2 Å². The van der Waals surface area contributed by atoms with Crippen LogP contribution in [0.15, 0.2) is 41.0 Å². The molecule has 27 heavy (non-hydrogen) atoms. The Morgan fingerprint density at radius 2 is 1.78 bits per heavy atom. The molecule has 148 valence electrons. The number of aromatic hydroxyl groups is 1. The van der Waals surface area contributed by atoms with Crippen molar-refractivity contribution in [3.63, 3.8) is 0 Å². The van der Waals surface area contributed by atoms with Crippen molar-refractivity contribution in [2.24, 2.45) is 17.8 Å². The van der Waals surface area contributed by atoms with Gasteiger partial charge >= 0.3 is 0 Å². The van der Waals surface area contributed by atoms with E-state index in [2.05, 4.69) is 19.2 Å². The van der Waals surface area contributed by atoms with Gasteiger partial charge in [0.25, 0.3) is 0 Å². The van der Waals surface area contributed by atoms with Crippen LogP contribution in [0.5, 0.6) is 5.75 Å². The molecule has 3 nitrogen and oxygen atoms in total. The van der Waals surface area contributed by atoms with Crippen LogP contribution in [0.2, 0.25) is 0 Å². The average Bonchev–Trinajstić information content (AvgIpc) is 3.16. The van der Waals surface area contributed by atoms with E-state index in [9.17, 15) is 5.11 Å². The van der Waals surface area contributed by atoms with E-state index in [0.29, 0.717) is 5.75 Å². The van der Waals surface area contributed by atoms with Gasteiger partial charge in [0.1, 0.15) is 11.5 Å². The van der Waals surface area contributed by atoms with E-state index in [-0.39, 0.29) is 5.54 Å². The zero-order chi connectivity index (χ0) is 19.4. The molecule has 1 heterocycles. The Labute approximate surface area is 164 Å². The zero-order valence-electron chi connectivity index (χ0n) is 17.3. The predicted molar refractivity (Wildman–Crippen MR) is 112 cm³/mol. The van der Waals surface area contributed by atoms with Crippen molar-refractivity contribution >= 4 is 0 Å². The quantitative estimate of drug-likeness (QED) is 0.658. The SMILES string of the molecule is CC.CC1CC2CC(C)CC(NCc3ccc(-c4ccco4)cc3O)(C1)C2. The van der Waals surface area contributed by atoms with Crippen LogP contribution in [-0.2, 0) is 6.54 Å². The summed E-state index contributed by atoms with van der Waals surface area (Å²) in [5.41, 5.74) is 2.14. The largest absolute Gasteiger partial charge is 0.508 e. The minimum atomic E-state index is 0.256. The van der Waals surface area contributed by atoms with Crippen molar-refractivity contribution in [2.45, 2.75) is 71.9 Å². The topological polar surface area (TPSA) is 45.4 Å². The summed E-state index contributed by atoms with van der Waals surface area (Å²) in [6, 6.07) is 9.64. The molecule has 2 atom stereocenters. The van der Waals surface area contributed by atoms with E-state index in [1.54, 1.807) is 6.26 Å². The molecule has 2 fully saturated rings. The Morgan fingerprint density at radius 3 is 2.37 bits per heavy atom. The summed E-state index contributed by atoms with van der Waals surface area (Å²) in [4.78, 5) is 0. The van der Waals surface area contributed by atoms with Crippen molar-refractivity contribution in [3.05, 3.63) is 42.2 Å². The Morgan fingerprint density at radius 1 is 1.07 bits per heavy atom. The van der Waals surface area contributed by atoms with E-state index >= 15 is 0 Å². The van der Waals surface area contributed by atoms with Gasteiger partial charge in [-0.25, -0.2) is 0 Å². The second-order valence-electron chi connectivity index (χ2n) is 8.61. The van der Waals surface area contributed by atoms with Crippen LogP contribution in [0.4, 0.5) is 0 Å². The average molecular weight is 370 g/mol. The number of phenols is 1. The summed E-state index contributed by atoms with van der Waals surface area (Å²) in [5.74, 6) is 3.61. The predicted octanol–water partition coefficient (Wildman–Crippen LogP) is 6.37. The molecule has 1 aromatic carbocycles. The Kier molecular flexibility index (Phi) is 6.31.